The number of halogens is 2. The molecule has 5 nitrogen and oxygen atoms in total. The third kappa shape index (κ3) is 3.72. The molecule has 0 unspecified atom stereocenters. The smallest absolute Gasteiger partial charge is 0.261 e. The molecule has 1 aromatic carbocycles. The van der Waals surface area contributed by atoms with Crippen LogP contribution in [0.3, 0.4) is 0 Å². The number of nitrogen functional groups attached to an aromatic ring is 1. The summed E-state index contributed by atoms with van der Waals surface area (Å²) in [4.78, 5) is 21.3. The summed E-state index contributed by atoms with van der Waals surface area (Å²) in [6.45, 7) is 0.0290. The molecule has 0 aliphatic rings. The van der Waals surface area contributed by atoms with Gasteiger partial charge in [-0.2, -0.15) is 0 Å². The van der Waals surface area contributed by atoms with Gasteiger partial charge in [0.25, 0.3) is 5.91 Å². The van der Waals surface area contributed by atoms with Crippen LogP contribution in [0.5, 0.6) is 0 Å². The predicted octanol–water partition coefficient (Wildman–Crippen LogP) is 3.00. The highest BCUT2D eigenvalue weighted by Gasteiger charge is 2.11. The van der Waals surface area contributed by atoms with Crippen LogP contribution in [0.2, 0.25) is 0 Å². The van der Waals surface area contributed by atoms with Crippen LogP contribution in [0.4, 0.5) is 14.7 Å². The normalized spacial score (nSPS) is 10.6. The number of nitrogens with zero attached hydrogens (tertiary/aromatic N) is 2. The van der Waals surface area contributed by atoms with Crippen molar-refractivity contribution in [3.05, 3.63) is 64.7 Å². The Morgan fingerprint density at radius 1 is 1.17 bits per heavy atom. The van der Waals surface area contributed by atoms with Gasteiger partial charge in [-0.15, -0.1) is 11.3 Å². The van der Waals surface area contributed by atoms with Crippen molar-refractivity contribution >= 4 is 23.2 Å². The van der Waals surface area contributed by atoms with Gasteiger partial charge in [-0.1, -0.05) is 0 Å². The Bertz CT molecular complexity index is 877. The molecule has 0 atom stereocenters. The Morgan fingerprint density at radius 3 is 2.62 bits per heavy atom. The average Bonchev–Trinajstić information content (AvgIpc) is 3.02. The molecule has 24 heavy (non-hydrogen) atoms. The van der Waals surface area contributed by atoms with Crippen LogP contribution in [0.25, 0.3) is 10.6 Å². The molecule has 0 aliphatic carbocycles. The molecule has 1 amide bonds. The highest BCUT2D eigenvalue weighted by atomic mass is 32.1. The molecule has 0 saturated heterocycles. The van der Waals surface area contributed by atoms with Gasteiger partial charge in [0, 0.05) is 18.8 Å². The van der Waals surface area contributed by atoms with E-state index in [1.807, 2.05) is 0 Å². The number of carbonyl (C=O) groups excluding carboxylic acids is 1. The van der Waals surface area contributed by atoms with Gasteiger partial charge in [-0.05, 0) is 35.9 Å². The number of carbonyl (C=O) groups is 1. The fourth-order valence-corrected chi connectivity index (χ4v) is 2.98. The van der Waals surface area contributed by atoms with Crippen LogP contribution >= 0.6 is 11.3 Å². The van der Waals surface area contributed by atoms with Gasteiger partial charge in [0.1, 0.15) is 11.6 Å². The largest absolute Gasteiger partial charge is 0.368 e. The summed E-state index contributed by atoms with van der Waals surface area (Å²) in [6, 6.07) is 8.23. The minimum atomic E-state index is -0.681. The van der Waals surface area contributed by atoms with E-state index in [1.165, 1.54) is 29.7 Å². The molecular formula is C16H12F2N4OS. The maximum absolute atomic E-state index is 13.1. The van der Waals surface area contributed by atoms with Gasteiger partial charge in [0.05, 0.1) is 15.4 Å². The molecule has 0 saturated carbocycles. The summed E-state index contributed by atoms with van der Waals surface area (Å²) >= 11 is 1.24. The maximum Gasteiger partial charge on any atom is 0.261 e. The molecule has 122 valence electrons. The van der Waals surface area contributed by atoms with Crippen LogP contribution < -0.4 is 11.1 Å². The molecule has 0 spiro atoms. The van der Waals surface area contributed by atoms with E-state index < -0.39 is 11.6 Å². The number of hydrogen-bond donors (Lipinski definition) is 2. The standard InChI is InChI=1S/C16H12F2N4OS/c17-10-5-9(6-11(18)7-10)8-21-15(23)14-2-1-13(24-14)12-3-4-20-16(19)22-12/h1-7H,8H2,(H,21,23)(H2,19,20,22). The number of thiophene rings is 1. The van der Waals surface area contributed by atoms with Gasteiger partial charge in [0.15, 0.2) is 0 Å². The summed E-state index contributed by atoms with van der Waals surface area (Å²) in [6.07, 6.45) is 1.54. The number of hydrogen-bond acceptors (Lipinski definition) is 5. The Kier molecular flexibility index (Phi) is 4.48. The van der Waals surface area contributed by atoms with Crippen LogP contribution in [-0.2, 0) is 6.54 Å². The lowest BCUT2D eigenvalue weighted by Crippen LogP contribution is -2.21. The van der Waals surface area contributed by atoms with Crippen LogP contribution in [0.1, 0.15) is 15.2 Å². The molecular weight excluding hydrogens is 334 g/mol. The molecule has 0 radical (unpaired) electrons. The Labute approximate surface area is 140 Å². The highest BCUT2D eigenvalue weighted by molar-refractivity contribution is 7.17. The number of benzene rings is 1. The second-order valence-corrected chi connectivity index (χ2v) is 6.01. The van der Waals surface area contributed by atoms with Crippen molar-refractivity contribution < 1.29 is 13.6 Å². The summed E-state index contributed by atoms with van der Waals surface area (Å²) < 4.78 is 26.3. The predicted molar refractivity (Wildman–Crippen MR) is 87.3 cm³/mol. The molecule has 0 bridgehead atoms. The van der Waals surface area contributed by atoms with Crippen LogP contribution in [0.15, 0.2) is 42.6 Å². The summed E-state index contributed by atoms with van der Waals surface area (Å²) in [5.74, 6) is -1.55. The molecule has 3 N–H and O–H groups in total. The minimum absolute atomic E-state index is 0.0290. The van der Waals surface area contributed by atoms with Gasteiger partial charge in [-0.3, -0.25) is 4.79 Å². The molecule has 3 aromatic rings. The number of amides is 1. The van der Waals surface area contributed by atoms with Crippen molar-refractivity contribution in [1.29, 1.82) is 0 Å². The minimum Gasteiger partial charge on any atom is -0.368 e. The summed E-state index contributed by atoms with van der Waals surface area (Å²) in [5, 5.41) is 2.63. The number of anilines is 1. The highest BCUT2D eigenvalue weighted by Crippen LogP contribution is 2.26. The zero-order chi connectivity index (χ0) is 17.1. The van der Waals surface area contributed by atoms with E-state index in [1.54, 1.807) is 18.2 Å². The van der Waals surface area contributed by atoms with Crippen molar-refractivity contribution in [1.82, 2.24) is 15.3 Å². The fraction of sp³-hybridized carbons (Fsp3) is 0.0625. The van der Waals surface area contributed by atoms with E-state index >= 15 is 0 Å². The van der Waals surface area contributed by atoms with E-state index in [0.29, 0.717) is 16.1 Å². The van der Waals surface area contributed by atoms with Crippen LogP contribution in [-0.4, -0.2) is 15.9 Å². The van der Waals surface area contributed by atoms with Gasteiger partial charge in [0.2, 0.25) is 5.95 Å². The van der Waals surface area contributed by atoms with E-state index in [4.69, 9.17) is 5.73 Å². The van der Waals surface area contributed by atoms with Crippen molar-refractivity contribution in [3.8, 4) is 10.6 Å². The number of rotatable bonds is 4. The molecule has 8 heteroatoms. The third-order valence-electron chi connectivity index (χ3n) is 3.13. The van der Waals surface area contributed by atoms with E-state index in [-0.39, 0.29) is 18.4 Å². The molecule has 3 rings (SSSR count). The van der Waals surface area contributed by atoms with Crippen molar-refractivity contribution in [2.24, 2.45) is 0 Å². The van der Waals surface area contributed by atoms with Gasteiger partial charge < -0.3 is 11.1 Å². The topological polar surface area (TPSA) is 80.9 Å². The van der Waals surface area contributed by atoms with Crippen molar-refractivity contribution in [3.63, 3.8) is 0 Å². The first-order chi connectivity index (χ1) is 11.5. The maximum atomic E-state index is 13.1. The van der Waals surface area contributed by atoms with Crippen LogP contribution in [0, 0.1) is 11.6 Å². The van der Waals surface area contributed by atoms with Gasteiger partial charge in [-0.25, -0.2) is 18.7 Å². The lowest BCUT2D eigenvalue weighted by Gasteiger charge is -2.04. The number of aromatic nitrogens is 2. The van der Waals surface area contributed by atoms with Gasteiger partial charge >= 0.3 is 0 Å². The Balaban J connectivity index is 1.70. The SMILES string of the molecule is Nc1nccc(-c2ccc(C(=O)NCc3cc(F)cc(F)c3)s2)n1. The number of nitrogens with one attached hydrogen (secondary N) is 1. The first-order valence-corrected chi connectivity index (χ1v) is 7.75. The summed E-state index contributed by atoms with van der Waals surface area (Å²) in [7, 11) is 0. The summed E-state index contributed by atoms with van der Waals surface area (Å²) in [5.41, 5.74) is 6.51. The second-order valence-electron chi connectivity index (χ2n) is 4.92. The number of nitrogens with two attached hydrogens (primary N) is 1. The second kappa shape index (κ2) is 6.71. The molecule has 0 fully saturated rings. The quantitative estimate of drug-likeness (QED) is 0.761. The van der Waals surface area contributed by atoms with E-state index in [0.717, 1.165) is 10.9 Å². The zero-order valence-electron chi connectivity index (χ0n) is 12.3. The fourth-order valence-electron chi connectivity index (χ4n) is 2.09. The molecule has 2 heterocycles. The average molecular weight is 346 g/mol. The van der Waals surface area contributed by atoms with E-state index in [2.05, 4.69) is 15.3 Å². The van der Waals surface area contributed by atoms with E-state index in [9.17, 15) is 13.6 Å². The Hall–Kier alpha value is -2.87. The van der Waals surface area contributed by atoms with Crippen molar-refractivity contribution in [2.75, 3.05) is 5.73 Å². The lowest BCUT2D eigenvalue weighted by molar-refractivity contribution is 0.0955. The first kappa shape index (κ1) is 16.0. The molecule has 0 aliphatic heterocycles. The lowest BCUT2D eigenvalue weighted by atomic mass is 10.2. The monoisotopic (exact) mass is 346 g/mol. The third-order valence-corrected chi connectivity index (χ3v) is 4.24. The Morgan fingerprint density at radius 2 is 1.92 bits per heavy atom. The molecule has 2 aromatic heterocycles. The first-order valence-electron chi connectivity index (χ1n) is 6.93. The zero-order valence-corrected chi connectivity index (χ0v) is 13.1. The van der Waals surface area contributed by atoms with Crippen molar-refractivity contribution in [2.45, 2.75) is 6.54 Å².